The van der Waals surface area contributed by atoms with Crippen LogP contribution in [-0.4, -0.2) is 67.3 Å². The molecular formula is C29H42ClN5O2S3. The van der Waals surface area contributed by atoms with E-state index in [4.69, 9.17) is 21.8 Å². The second kappa shape index (κ2) is 17.4. The topological polar surface area (TPSA) is 93.2 Å². The summed E-state index contributed by atoms with van der Waals surface area (Å²) >= 11 is 15.2. The van der Waals surface area contributed by atoms with Crippen LogP contribution in [0.1, 0.15) is 44.2 Å². The van der Waals surface area contributed by atoms with Crippen LogP contribution in [0.15, 0.2) is 59.6 Å². The van der Waals surface area contributed by atoms with Gasteiger partial charge in [-0.1, -0.05) is 61.5 Å². The van der Waals surface area contributed by atoms with Crippen molar-refractivity contribution in [1.82, 2.24) is 20.0 Å². The van der Waals surface area contributed by atoms with E-state index in [1.807, 2.05) is 36.5 Å². The summed E-state index contributed by atoms with van der Waals surface area (Å²) in [4.78, 5) is 2.55. The van der Waals surface area contributed by atoms with Crippen LogP contribution < -0.4 is 10.5 Å². The molecule has 40 heavy (non-hydrogen) atoms. The molecule has 0 radical (unpaired) electrons. The minimum atomic E-state index is -3.81. The molecule has 0 saturated heterocycles. The van der Waals surface area contributed by atoms with Gasteiger partial charge in [0.2, 0.25) is 10.0 Å². The lowest BCUT2D eigenvalue weighted by Gasteiger charge is -2.21. The highest BCUT2D eigenvalue weighted by molar-refractivity contribution is 7.89. The Hall–Kier alpha value is -1.53. The molecule has 0 saturated carbocycles. The molecule has 0 aliphatic rings. The molecule has 2 aromatic carbocycles. The summed E-state index contributed by atoms with van der Waals surface area (Å²) in [6.45, 7) is 5.15. The molecular weight excluding hydrogens is 582 g/mol. The van der Waals surface area contributed by atoms with Crippen molar-refractivity contribution in [1.29, 1.82) is 0 Å². The lowest BCUT2D eigenvalue weighted by molar-refractivity contribution is 0.283. The Morgan fingerprint density at radius 2 is 1.62 bits per heavy atom. The molecule has 0 fully saturated rings. The first kappa shape index (κ1) is 33.0. The fourth-order valence-corrected chi connectivity index (χ4v) is 5.92. The number of nitrogens with one attached hydrogen (secondary N) is 1. The summed E-state index contributed by atoms with van der Waals surface area (Å²) < 4.78 is 25.5. The Labute approximate surface area is 255 Å². The second-order valence-corrected chi connectivity index (χ2v) is 12.7. The zero-order valence-corrected chi connectivity index (χ0v) is 26.4. The summed E-state index contributed by atoms with van der Waals surface area (Å²) in [5.41, 5.74) is 3.46. The van der Waals surface area contributed by atoms with Gasteiger partial charge >= 0.3 is 0 Å². The molecule has 3 N–H and O–H groups in total. The number of thiol groups is 2. The van der Waals surface area contributed by atoms with E-state index in [1.165, 1.54) is 31.7 Å². The molecule has 0 aliphatic carbocycles. The third-order valence-corrected chi connectivity index (χ3v) is 8.48. The number of nitrogens with zero attached hydrogens (tertiary/aromatic N) is 3. The first-order valence-electron chi connectivity index (χ1n) is 13.9. The van der Waals surface area contributed by atoms with E-state index in [0.717, 1.165) is 80.3 Å². The highest BCUT2D eigenvalue weighted by Gasteiger charge is 2.16. The molecule has 0 atom stereocenters. The maximum atomic E-state index is 11.9. The highest BCUT2D eigenvalue weighted by atomic mass is 35.5. The maximum absolute atomic E-state index is 11.9. The van der Waals surface area contributed by atoms with Gasteiger partial charge in [-0.15, -0.1) is 0 Å². The highest BCUT2D eigenvalue weighted by Crippen LogP contribution is 2.32. The van der Waals surface area contributed by atoms with Crippen LogP contribution in [0.4, 0.5) is 0 Å². The van der Waals surface area contributed by atoms with Crippen LogP contribution in [0.25, 0.3) is 16.8 Å². The number of hydrogen-bond donors (Lipinski definition) is 4. The molecule has 1 heterocycles. The van der Waals surface area contributed by atoms with E-state index in [0.29, 0.717) is 10.7 Å². The van der Waals surface area contributed by atoms with E-state index < -0.39 is 10.0 Å². The van der Waals surface area contributed by atoms with Crippen molar-refractivity contribution in [2.45, 2.75) is 49.8 Å². The van der Waals surface area contributed by atoms with Gasteiger partial charge in [-0.3, -0.25) is 0 Å². The normalized spacial score (nSPS) is 11.9. The number of sulfonamides is 1. The van der Waals surface area contributed by atoms with Gasteiger partial charge in [0.25, 0.3) is 0 Å². The quantitative estimate of drug-likeness (QED) is 0.105. The molecule has 11 heteroatoms. The molecule has 220 valence electrons. The first-order valence-corrected chi connectivity index (χ1v) is 17.1. The Bertz CT molecular complexity index is 1290. The molecule has 0 amide bonds. The number of halogens is 1. The van der Waals surface area contributed by atoms with Gasteiger partial charge in [-0.25, -0.2) is 18.2 Å². The second-order valence-electron chi connectivity index (χ2n) is 9.87. The summed E-state index contributed by atoms with van der Waals surface area (Å²) in [6.07, 6.45) is 9.73. The lowest BCUT2D eigenvalue weighted by atomic mass is 10.0. The summed E-state index contributed by atoms with van der Waals surface area (Å²) in [5, 5.41) is 14.3. The Morgan fingerprint density at radius 1 is 0.875 bits per heavy atom. The van der Waals surface area contributed by atoms with E-state index in [1.54, 1.807) is 16.8 Å². The Balaban J connectivity index is 1.54. The van der Waals surface area contributed by atoms with Gasteiger partial charge < -0.3 is 10.2 Å². The summed E-state index contributed by atoms with van der Waals surface area (Å²) in [6, 6.07) is 14.2. The first-order chi connectivity index (χ1) is 19.3. The Kier molecular flexibility index (Phi) is 14.4. The van der Waals surface area contributed by atoms with E-state index in [2.05, 4.69) is 35.5 Å². The third kappa shape index (κ3) is 10.7. The fourth-order valence-electron chi connectivity index (χ4n) is 4.69. The molecule has 0 aliphatic heterocycles. The molecule has 7 nitrogen and oxygen atoms in total. The third-order valence-electron chi connectivity index (χ3n) is 6.81. The monoisotopic (exact) mass is 623 g/mol. The van der Waals surface area contributed by atoms with Crippen LogP contribution in [0, 0.1) is 0 Å². The van der Waals surface area contributed by atoms with Crippen LogP contribution >= 0.6 is 36.9 Å². The molecule has 3 aromatic rings. The number of unbranched alkanes of at least 4 members (excludes halogenated alkanes) is 5. The predicted octanol–water partition coefficient (Wildman–Crippen LogP) is 5.47. The van der Waals surface area contributed by atoms with Crippen molar-refractivity contribution in [2.75, 3.05) is 44.2 Å². The standard InChI is InChI=1S/C29H42ClN5O2S3/c30-28-13-7-6-12-26(28)27-23-35(24-10-9-11-25(22-24)40(31,36)37)33-29(27)14-5-3-1-2-4-8-17-34(19-21-39)18-15-32-16-20-38/h6-7,9-13,22-23,32,38-39H,1-5,8,14-21H2,(H2,31,36,37). The van der Waals surface area contributed by atoms with Crippen molar-refractivity contribution in [3.63, 3.8) is 0 Å². The van der Waals surface area contributed by atoms with Gasteiger partial charge in [-0.05, 0) is 50.1 Å². The molecule has 1 aromatic heterocycles. The van der Waals surface area contributed by atoms with Crippen LogP contribution in [0.3, 0.4) is 0 Å². The van der Waals surface area contributed by atoms with E-state index in [-0.39, 0.29) is 4.90 Å². The maximum Gasteiger partial charge on any atom is 0.238 e. The minimum absolute atomic E-state index is 0.0558. The van der Waals surface area contributed by atoms with Gasteiger partial charge in [-0.2, -0.15) is 30.4 Å². The van der Waals surface area contributed by atoms with Gasteiger partial charge in [0, 0.05) is 60.0 Å². The smallest absolute Gasteiger partial charge is 0.238 e. The largest absolute Gasteiger partial charge is 0.315 e. The molecule has 0 unspecified atom stereocenters. The number of aromatic nitrogens is 2. The zero-order valence-electron chi connectivity index (χ0n) is 23.0. The molecule has 0 bridgehead atoms. The van der Waals surface area contributed by atoms with Crippen molar-refractivity contribution in [3.05, 3.63) is 65.4 Å². The Morgan fingerprint density at radius 3 is 2.35 bits per heavy atom. The predicted molar refractivity (Wildman–Crippen MR) is 174 cm³/mol. The van der Waals surface area contributed by atoms with Crippen molar-refractivity contribution >= 4 is 46.9 Å². The summed E-state index contributed by atoms with van der Waals surface area (Å²) in [5.74, 6) is 1.75. The number of nitrogens with two attached hydrogens (primary N) is 1. The van der Waals surface area contributed by atoms with E-state index in [9.17, 15) is 8.42 Å². The minimum Gasteiger partial charge on any atom is -0.315 e. The molecule has 0 spiro atoms. The van der Waals surface area contributed by atoms with Crippen molar-refractivity contribution in [3.8, 4) is 16.8 Å². The van der Waals surface area contributed by atoms with E-state index >= 15 is 0 Å². The average molecular weight is 624 g/mol. The average Bonchev–Trinajstić information content (AvgIpc) is 3.36. The van der Waals surface area contributed by atoms with Gasteiger partial charge in [0.1, 0.15) is 0 Å². The SMILES string of the molecule is NS(=O)(=O)c1cccc(-n2cc(-c3ccccc3Cl)c(CCCCCCCCN(CCS)CCNCCS)n2)c1. The molecule has 3 rings (SSSR count). The lowest BCUT2D eigenvalue weighted by Crippen LogP contribution is -2.34. The number of primary sulfonamides is 1. The summed E-state index contributed by atoms with van der Waals surface area (Å²) in [7, 11) is -3.81. The van der Waals surface area contributed by atoms with Gasteiger partial charge in [0.15, 0.2) is 0 Å². The van der Waals surface area contributed by atoms with Crippen LogP contribution in [-0.2, 0) is 16.4 Å². The van der Waals surface area contributed by atoms with Crippen LogP contribution in [0.5, 0.6) is 0 Å². The zero-order chi connectivity index (χ0) is 28.8. The number of benzene rings is 2. The van der Waals surface area contributed by atoms with Crippen molar-refractivity contribution in [2.24, 2.45) is 5.14 Å². The van der Waals surface area contributed by atoms with Crippen molar-refractivity contribution < 1.29 is 8.42 Å². The number of aryl methyl sites for hydroxylation is 1. The van der Waals surface area contributed by atoms with Crippen LogP contribution in [0.2, 0.25) is 5.02 Å². The van der Waals surface area contributed by atoms with Gasteiger partial charge in [0.05, 0.1) is 16.3 Å². The fraction of sp³-hybridized carbons (Fsp3) is 0.483. The number of rotatable bonds is 19. The number of hydrogen-bond acceptors (Lipinski definition) is 7.